The second kappa shape index (κ2) is 7.30. The lowest BCUT2D eigenvalue weighted by molar-refractivity contribution is -0.134. The molecule has 0 aliphatic heterocycles. The van der Waals surface area contributed by atoms with Gasteiger partial charge in [-0.05, 0) is 48.0 Å². The molecule has 0 radical (unpaired) electrons. The Bertz CT molecular complexity index is 812. The predicted octanol–water partition coefficient (Wildman–Crippen LogP) is 3.33. The highest BCUT2D eigenvalue weighted by molar-refractivity contribution is 7.92. The van der Waals surface area contributed by atoms with Crippen molar-refractivity contribution in [3.05, 3.63) is 65.2 Å². The third-order valence-corrected chi connectivity index (χ3v) is 4.55. The molecule has 0 aliphatic rings. The summed E-state index contributed by atoms with van der Waals surface area (Å²) in [5, 5.41) is 0.523. The molecule has 0 aromatic heterocycles. The van der Waals surface area contributed by atoms with Crippen molar-refractivity contribution in [3.63, 3.8) is 0 Å². The lowest BCUT2D eigenvalue weighted by atomic mass is 10.2. The Morgan fingerprint density at radius 1 is 1.09 bits per heavy atom. The summed E-state index contributed by atoms with van der Waals surface area (Å²) in [6.07, 6.45) is 2.80. The smallest absolute Gasteiger partial charge is 0.330 e. The van der Waals surface area contributed by atoms with E-state index in [1.54, 1.807) is 36.4 Å². The van der Waals surface area contributed by atoms with E-state index in [9.17, 15) is 13.2 Å². The van der Waals surface area contributed by atoms with E-state index in [1.165, 1.54) is 31.4 Å². The zero-order valence-corrected chi connectivity index (χ0v) is 13.8. The second-order valence-corrected chi connectivity index (χ2v) is 6.66. The van der Waals surface area contributed by atoms with Gasteiger partial charge in [0.1, 0.15) is 0 Å². The van der Waals surface area contributed by atoms with E-state index in [1.807, 2.05) is 0 Å². The van der Waals surface area contributed by atoms with Crippen molar-refractivity contribution in [3.8, 4) is 0 Å². The Morgan fingerprint density at radius 2 is 1.70 bits per heavy atom. The minimum Gasteiger partial charge on any atom is -0.466 e. The van der Waals surface area contributed by atoms with Crippen LogP contribution in [-0.4, -0.2) is 21.5 Å². The van der Waals surface area contributed by atoms with Crippen LogP contribution in [0.3, 0.4) is 0 Å². The van der Waals surface area contributed by atoms with E-state index in [0.29, 0.717) is 16.3 Å². The number of ether oxygens (including phenoxy) is 1. The van der Waals surface area contributed by atoms with Crippen LogP contribution >= 0.6 is 11.6 Å². The molecule has 0 saturated heterocycles. The molecule has 7 heteroatoms. The van der Waals surface area contributed by atoms with Crippen molar-refractivity contribution in [2.24, 2.45) is 0 Å². The van der Waals surface area contributed by atoms with E-state index in [2.05, 4.69) is 9.46 Å². The summed E-state index contributed by atoms with van der Waals surface area (Å²) in [5.41, 5.74) is 1.10. The summed E-state index contributed by atoms with van der Waals surface area (Å²) in [4.78, 5) is 11.1. The van der Waals surface area contributed by atoms with Crippen LogP contribution < -0.4 is 4.72 Å². The zero-order valence-electron chi connectivity index (χ0n) is 12.2. The summed E-state index contributed by atoms with van der Waals surface area (Å²) < 4.78 is 31.5. The first-order chi connectivity index (χ1) is 10.9. The number of carbonyl (C=O) groups is 1. The average molecular weight is 352 g/mol. The number of anilines is 1. The fourth-order valence-electron chi connectivity index (χ4n) is 1.72. The van der Waals surface area contributed by atoms with Crippen LogP contribution in [0.5, 0.6) is 0 Å². The lowest BCUT2D eigenvalue weighted by Gasteiger charge is -2.08. The molecule has 0 aliphatic carbocycles. The van der Waals surface area contributed by atoms with Crippen molar-refractivity contribution < 1.29 is 17.9 Å². The van der Waals surface area contributed by atoms with Crippen LogP contribution in [0.25, 0.3) is 6.08 Å². The van der Waals surface area contributed by atoms with Crippen molar-refractivity contribution >= 4 is 39.4 Å². The van der Waals surface area contributed by atoms with Crippen molar-refractivity contribution in [1.29, 1.82) is 0 Å². The molecule has 0 fully saturated rings. The Balaban J connectivity index is 2.15. The molecule has 1 N–H and O–H groups in total. The zero-order chi connectivity index (χ0) is 16.9. The molecule has 2 aromatic rings. The largest absolute Gasteiger partial charge is 0.466 e. The van der Waals surface area contributed by atoms with Gasteiger partial charge in [0.15, 0.2) is 0 Å². The van der Waals surface area contributed by atoms with Crippen molar-refractivity contribution in [2.75, 3.05) is 11.8 Å². The van der Waals surface area contributed by atoms with Crippen LogP contribution in [-0.2, 0) is 19.6 Å². The van der Waals surface area contributed by atoms with Gasteiger partial charge in [-0.15, -0.1) is 0 Å². The molecular formula is C16H14ClNO4S. The number of benzene rings is 2. The summed E-state index contributed by atoms with van der Waals surface area (Å²) in [6, 6.07) is 12.4. The monoisotopic (exact) mass is 351 g/mol. The van der Waals surface area contributed by atoms with Gasteiger partial charge in [-0.3, -0.25) is 4.72 Å². The fourth-order valence-corrected chi connectivity index (χ4v) is 2.91. The van der Waals surface area contributed by atoms with Gasteiger partial charge in [-0.25, -0.2) is 13.2 Å². The molecule has 2 rings (SSSR count). The standard InChI is InChI=1S/C16H14ClNO4S/c1-22-16(19)11-4-12-2-9-15(10-3-12)23(20,21)18-14-7-5-13(17)6-8-14/h2-11,18H,1H3/b11-4+. The molecule has 5 nitrogen and oxygen atoms in total. The van der Waals surface area contributed by atoms with E-state index >= 15 is 0 Å². The van der Waals surface area contributed by atoms with Crippen LogP contribution in [0.1, 0.15) is 5.56 Å². The SMILES string of the molecule is COC(=O)/C=C/c1ccc(S(=O)(=O)Nc2ccc(Cl)cc2)cc1. The minimum atomic E-state index is -3.69. The van der Waals surface area contributed by atoms with E-state index in [-0.39, 0.29) is 4.90 Å². The number of rotatable bonds is 5. The summed E-state index contributed by atoms with van der Waals surface area (Å²) >= 11 is 5.76. The molecule has 0 unspecified atom stereocenters. The normalized spacial score (nSPS) is 11.4. The topological polar surface area (TPSA) is 72.5 Å². The number of hydrogen-bond acceptors (Lipinski definition) is 4. The minimum absolute atomic E-state index is 0.114. The Morgan fingerprint density at radius 3 is 2.26 bits per heavy atom. The molecule has 0 bridgehead atoms. The van der Waals surface area contributed by atoms with Gasteiger partial charge in [0.05, 0.1) is 12.0 Å². The first kappa shape index (κ1) is 17.1. The highest BCUT2D eigenvalue weighted by Gasteiger charge is 2.13. The van der Waals surface area contributed by atoms with Crippen LogP contribution in [0.4, 0.5) is 5.69 Å². The van der Waals surface area contributed by atoms with Gasteiger partial charge < -0.3 is 4.74 Å². The van der Waals surface area contributed by atoms with Crippen molar-refractivity contribution in [1.82, 2.24) is 0 Å². The Hall–Kier alpha value is -2.31. The molecule has 0 amide bonds. The number of methoxy groups -OCH3 is 1. The van der Waals surface area contributed by atoms with Crippen molar-refractivity contribution in [2.45, 2.75) is 4.90 Å². The first-order valence-electron chi connectivity index (χ1n) is 6.55. The number of nitrogens with one attached hydrogen (secondary N) is 1. The quantitative estimate of drug-likeness (QED) is 0.662. The predicted molar refractivity (Wildman–Crippen MR) is 89.8 cm³/mol. The Labute approximate surface area is 139 Å². The molecule has 23 heavy (non-hydrogen) atoms. The highest BCUT2D eigenvalue weighted by atomic mass is 35.5. The maximum Gasteiger partial charge on any atom is 0.330 e. The van der Waals surface area contributed by atoms with Crippen LogP contribution in [0.15, 0.2) is 59.5 Å². The maximum absolute atomic E-state index is 12.3. The maximum atomic E-state index is 12.3. The van der Waals surface area contributed by atoms with Crippen LogP contribution in [0, 0.1) is 0 Å². The molecule has 0 spiro atoms. The van der Waals surface area contributed by atoms with Gasteiger partial charge in [0.25, 0.3) is 10.0 Å². The van der Waals surface area contributed by atoms with Crippen LogP contribution in [0.2, 0.25) is 5.02 Å². The second-order valence-electron chi connectivity index (χ2n) is 4.54. The Kier molecular flexibility index (Phi) is 5.41. The van der Waals surface area contributed by atoms with E-state index in [4.69, 9.17) is 11.6 Å². The molecule has 0 atom stereocenters. The molecular weight excluding hydrogens is 338 g/mol. The molecule has 2 aromatic carbocycles. The number of carbonyl (C=O) groups excluding carboxylic acids is 1. The average Bonchev–Trinajstić information content (AvgIpc) is 2.55. The molecule has 0 saturated carbocycles. The van der Waals surface area contributed by atoms with Gasteiger partial charge in [-0.2, -0.15) is 0 Å². The number of halogens is 1. The third kappa shape index (κ3) is 4.84. The summed E-state index contributed by atoms with van der Waals surface area (Å²) in [5.74, 6) is -0.480. The van der Waals surface area contributed by atoms with E-state index < -0.39 is 16.0 Å². The third-order valence-electron chi connectivity index (χ3n) is 2.90. The number of sulfonamides is 1. The van der Waals surface area contributed by atoms with E-state index in [0.717, 1.165) is 0 Å². The summed E-state index contributed by atoms with van der Waals surface area (Å²) in [7, 11) is -2.41. The highest BCUT2D eigenvalue weighted by Crippen LogP contribution is 2.19. The van der Waals surface area contributed by atoms with Gasteiger partial charge in [-0.1, -0.05) is 23.7 Å². The molecule has 120 valence electrons. The van der Waals surface area contributed by atoms with Gasteiger partial charge in [0.2, 0.25) is 0 Å². The summed E-state index contributed by atoms with van der Waals surface area (Å²) in [6.45, 7) is 0. The molecule has 0 heterocycles. The number of esters is 1. The van der Waals surface area contributed by atoms with Gasteiger partial charge >= 0.3 is 5.97 Å². The van der Waals surface area contributed by atoms with Gasteiger partial charge in [0, 0.05) is 16.8 Å². The fraction of sp³-hybridized carbons (Fsp3) is 0.0625. The first-order valence-corrected chi connectivity index (χ1v) is 8.41. The lowest BCUT2D eigenvalue weighted by Crippen LogP contribution is -2.12. The number of hydrogen-bond donors (Lipinski definition) is 1.